The molecule has 2 N–H and O–H groups in total. The average Bonchev–Trinajstić information content (AvgIpc) is 2.54. The lowest BCUT2D eigenvalue weighted by molar-refractivity contribution is -0.155. The number of carbonyl (C=O) groups excluding carboxylic acids is 3. The van der Waals surface area contributed by atoms with Gasteiger partial charge in [0.05, 0.1) is 12.5 Å². The molecular formula is C14H23N3O4S. The molecule has 2 atom stereocenters. The molecule has 0 aromatic rings. The molecule has 0 aliphatic carbocycles. The first-order valence-electron chi connectivity index (χ1n) is 7.63. The summed E-state index contributed by atoms with van der Waals surface area (Å²) in [5.41, 5.74) is 5.31. The van der Waals surface area contributed by atoms with Crippen LogP contribution >= 0.6 is 11.8 Å². The maximum Gasteiger partial charge on any atom is 0.329 e. The van der Waals surface area contributed by atoms with E-state index in [-0.39, 0.29) is 17.8 Å². The van der Waals surface area contributed by atoms with Crippen LogP contribution in [0.15, 0.2) is 0 Å². The number of urea groups is 1. The number of ether oxygens (including phenoxy) is 1. The van der Waals surface area contributed by atoms with Gasteiger partial charge in [-0.3, -0.25) is 4.79 Å². The van der Waals surface area contributed by atoms with Crippen LogP contribution in [-0.4, -0.2) is 71.5 Å². The highest BCUT2D eigenvalue weighted by molar-refractivity contribution is 7.99. The molecule has 2 rings (SSSR count). The molecule has 0 saturated carbocycles. The van der Waals surface area contributed by atoms with Crippen molar-refractivity contribution in [2.75, 3.05) is 37.7 Å². The van der Waals surface area contributed by atoms with E-state index < -0.39 is 12.1 Å². The number of amides is 3. The molecule has 2 fully saturated rings. The van der Waals surface area contributed by atoms with Gasteiger partial charge in [0.15, 0.2) is 0 Å². The predicted molar refractivity (Wildman–Crippen MR) is 83.3 cm³/mol. The Kier molecular flexibility index (Phi) is 5.93. The summed E-state index contributed by atoms with van der Waals surface area (Å²) in [6.45, 7) is 3.54. The average molecular weight is 329 g/mol. The fourth-order valence-corrected chi connectivity index (χ4v) is 3.95. The van der Waals surface area contributed by atoms with Gasteiger partial charge in [-0.15, -0.1) is 0 Å². The van der Waals surface area contributed by atoms with Crippen LogP contribution in [0, 0.1) is 5.92 Å². The third-order valence-corrected chi connectivity index (χ3v) is 5.08. The van der Waals surface area contributed by atoms with Crippen LogP contribution in [0.3, 0.4) is 0 Å². The maximum atomic E-state index is 12.8. The van der Waals surface area contributed by atoms with Gasteiger partial charge in [-0.05, 0) is 19.8 Å². The first-order valence-corrected chi connectivity index (χ1v) is 8.79. The zero-order chi connectivity index (χ0) is 16.1. The van der Waals surface area contributed by atoms with Crippen LogP contribution in [0.4, 0.5) is 4.79 Å². The lowest BCUT2D eigenvalue weighted by Crippen LogP contribution is -2.55. The first kappa shape index (κ1) is 16.9. The van der Waals surface area contributed by atoms with Crippen molar-refractivity contribution >= 4 is 29.7 Å². The molecule has 0 radical (unpaired) electrons. The number of nitrogens with two attached hydrogens (primary N) is 1. The summed E-state index contributed by atoms with van der Waals surface area (Å²) in [6, 6.07) is -1.01. The fourth-order valence-electron chi connectivity index (χ4n) is 2.91. The highest BCUT2D eigenvalue weighted by atomic mass is 32.2. The van der Waals surface area contributed by atoms with E-state index in [4.69, 9.17) is 10.5 Å². The van der Waals surface area contributed by atoms with Crippen LogP contribution in [-0.2, 0) is 14.3 Å². The number of hydrogen-bond acceptors (Lipinski definition) is 5. The molecule has 0 bridgehead atoms. The van der Waals surface area contributed by atoms with E-state index >= 15 is 0 Å². The molecule has 7 nitrogen and oxygen atoms in total. The van der Waals surface area contributed by atoms with Gasteiger partial charge in [-0.25, -0.2) is 9.59 Å². The smallest absolute Gasteiger partial charge is 0.329 e. The van der Waals surface area contributed by atoms with E-state index in [1.807, 2.05) is 0 Å². The van der Waals surface area contributed by atoms with Crippen molar-refractivity contribution in [2.45, 2.75) is 25.8 Å². The third kappa shape index (κ3) is 3.85. The number of hydrogen-bond donors (Lipinski definition) is 1. The Bertz CT molecular complexity index is 446. The number of thioether (sulfide) groups is 1. The number of likely N-dealkylation sites (tertiary alicyclic amines) is 1. The second kappa shape index (κ2) is 7.71. The normalized spacial score (nSPS) is 25.7. The van der Waals surface area contributed by atoms with Gasteiger partial charge in [0.25, 0.3) is 0 Å². The van der Waals surface area contributed by atoms with Crippen LogP contribution in [0.2, 0.25) is 0 Å². The van der Waals surface area contributed by atoms with Gasteiger partial charge in [-0.1, -0.05) is 0 Å². The van der Waals surface area contributed by atoms with Crippen LogP contribution in [0.5, 0.6) is 0 Å². The summed E-state index contributed by atoms with van der Waals surface area (Å²) >= 11 is 1.65. The topological polar surface area (TPSA) is 92.9 Å². The van der Waals surface area contributed by atoms with Crippen molar-refractivity contribution < 1.29 is 19.1 Å². The predicted octanol–water partition coefficient (Wildman–Crippen LogP) is 0.284. The molecule has 22 heavy (non-hydrogen) atoms. The van der Waals surface area contributed by atoms with E-state index in [0.717, 1.165) is 18.6 Å². The monoisotopic (exact) mass is 329 g/mol. The van der Waals surface area contributed by atoms with Crippen LogP contribution < -0.4 is 5.73 Å². The second-order valence-electron chi connectivity index (χ2n) is 5.50. The van der Waals surface area contributed by atoms with Gasteiger partial charge in [0, 0.05) is 31.1 Å². The second-order valence-corrected chi connectivity index (χ2v) is 6.65. The Morgan fingerprint density at radius 1 is 1.32 bits per heavy atom. The van der Waals surface area contributed by atoms with Gasteiger partial charge >= 0.3 is 12.0 Å². The fraction of sp³-hybridized carbons (Fsp3) is 0.786. The number of nitrogens with zero attached hydrogens (tertiary/aromatic N) is 2. The number of piperidine rings is 1. The van der Waals surface area contributed by atoms with Crippen molar-refractivity contribution in [3.63, 3.8) is 0 Å². The number of esters is 1. The van der Waals surface area contributed by atoms with Crippen molar-refractivity contribution in [1.82, 2.24) is 9.80 Å². The van der Waals surface area contributed by atoms with Crippen molar-refractivity contribution in [2.24, 2.45) is 11.7 Å². The molecule has 2 saturated heterocycles. The Balaban J connectivity index is 2.05. The van der Waals surface area contributed by atoms with E-state index in [2.05, 4.69) is 0 Å². The highest BCUT2D eigenvalue weighted by Gasteiger charge is 2.38. The minimum absolute atomic E-state index is 0.0655. The minimum atomic E-state index is -0.518. The van der Waals surface area contributed by atoms with Crippen molar-refractivity contribution in [3.05, 3.63) is 0 Å². The van der Waals surface area contributed by atoms with Crippen molar-refractivity contribution in [3.8, 4) is 0 Å². The molecule has 2 heterocycles. The molecular weight excluding hydrogens is 306 g/mol. The van der Waals surface area contributed by atoms with Gasteiger partial charge in [-0.2, -0.15) is 11.8 Å². The maximum absolute atomic E-state index is 12.8. The molecule has 8 heteroatoms. The summed E-state index contributed by atoms with van der Waals surface area (Å²) in [5.74, 6) is 0.696. The highest BCUT2D eigenvalue weighted by Crippen LogP contribution is 2.24. The summed E-state index contributed by atoms with van der Waals surface area (Å²) in [7, 11) is 0. The number of rotatable bonds is 3. The van der Waals surface area contributed by atoms with E-state index in [0.29, 0.717) is 32.0 Å². The Morgan fingerprint density at radius 3 is 2.77 bits per heavy atom. The number of primary amides is 1. The lowest BCUT2D eigenvalue weighted by Gasteiger charge is -2.38. The Morgan fingerprint density at radius 2 is 2.09 bits per heavy atom. The first-order chi connectivity index (χ1) is 10.5. The van der Waals surface area contributed by atoms with E-state index in [9.17, 15) is 14.4 Å². The Hall–Kier alpha value is -1.44. The quantitative estimate of drug-likeness (QED) is 0.751. The van der Waals surface area contributed by atoms with Gasteiger partial charge in [0.1, 0.15) is 6.04 Å². The Labute approximate surface area is 134 Å². The SMILES string of the molecule is CCOC(=O)C1CSCCN1C(=O)C1CCCN(C(N)=O)C1. The van der Waals surface area contributed by atoms with Crippen LogP contribution in [0.1, 0.15) is 19.8 Å². The van der Waals surface area contributed by atoms with Crippen molar-refractivity contribution in [1.29, 1.82) is 0 Å². The third-order valence-electron chi connectivity index (χ3n) is 4.05. The standard InChI is InChI=1S/C14H23N3O4S/c1-2-21-13(19)11-9-22-7-6-17(11)12(18)10-4-3-5-16(8-10)14(15)20/h10-11H,2-9H2,1H3,(H2,15,20). The lowest BCUT2D eigenvalue weighted by atomic mass is 9.96. The largest absolute Gasteiger partial charge is 0.464 e. The molecule has 2 unspecified atom stereocenters. The van der Waals surface area contributed by atoms with Gasteiger partial charge < -0.3 is 20.3 Å². The zero-order valence-corrected chi connectivity index (χ0v) is 13.6. The molecule has 124 valence electrons. The molecule has 3 amide bonds. The molecule has 0 spiro atoms. The van der Waals surface area contributed by atoms with Crippen LogP contribution in [0.25, 0.3) is 0 Å². The van der Waals surface area contributed by atoms with Gasteiger partial charge in [0.2, 0.25) is 5.91 Å². The molecule has 2 aliphatic heterocycles. The summed E-state index contributed by atoms with van der Waals surface area (Å²) < 4.78 is 5.08. The van der Waals surface area contributed by atoms with E-state index in [1.54, 1.807) is 23.6 Å². The molecule has 2 aliphatic rings. The minimum Gasteiger partial charge on any atom is -0.464 e. The summed E-state index contributed by atoms with van der Waals surface area (Å²) in [6.07, 6.45) is 1.48. The summed E-state index contributed by atoms with van der Waals surface area (Å²) in [5, 5.41) is 0. The number of carbonyl (C=O) groups is 3. The molecule has 0 aromatic heterocycles. The van der Waals surface area contributed by atoms with E-state index in [1.165, 1.54) is 4.90 Å². The zero-order valence-electron chi connectivity index (χ0n) is 12.8. The molecule has 0 aromatic carbocycles. The summed E-state index contributed by atoms with van der Waals surface area (Å²) in [4.78, 5) is 39.3.